The second-order valence-corrected chi connectivity index (χ2v) is 13.2. The fourth-order valence-electron chi connectivity index (χ4n) is 7.21. The Morgan fingerprint density at radius 2 is 1.70 bits per heavy atom. The molecule has 1 spiro atoms. The quantitative estimate of drug-likeness (QED) is 0.351. The molecule has 5 rings (SSSR count). The average molecular weight is 564 g/mol. The Bertz CT molecular complexity index is 1230. The number of nitrogens with one attached hydrogen (secondary N) is 2. The molecule has 0 saturated carbocycles. The van der Waals surface area contributed by atoms with Crippen molar-refractivity contribution < 1.29 is 19.5 Å². The van der Waals surface area contributed by atoms with E-state index in [0.717, 1.165) is 54.5 Å². The highest BCUT2D eigenvalue weighted by atomic mass is 32.2. The molecule has 3 fully saturated rings. The van der Waals surface area contributed by atoms with Gasteiger partial charge in [0.2, 0.25) is 17.7 Å². The van der Waals surface area contributed by atoms with Crippen LogP contribution >= 0.6 is 11.8 Å². The molecule has 3 aliphatic heterocycles. The summed E-state index contributed by atoms with van der Waals surface area (Å²) < 4.78 is -0.637. The average Bonchev–Trinajstić information content (AvgIpc) is 3.53. The van der Waals surface area contributed by atoms with E-state index in [1.54, 1.807) is 16.7 Å². The van der Waals surface area contributed by atoms with E-state index in [2.05, 4.69) is 17.6 Å². The van der Waals surface area contributed by atoms with E-state index in [1.807, 2.05) is 62.4 Å². The number of fused-ring (bicyclic) bond motifs is 1. The Morgan fingerprint density at radius 1 is 1.00 bits per heavy atom. The summed E-state index contributed by atoms with van der Waals surface area (Å²) in [6.07, 6.45) is 4.06. The first-order valence-corrected chi connectivity index (χ1v) is 15.5. The van der Waals surface area contributed by atoms with Crippen molar-refractivity contribution in [3.63, 3.8) is 0 Å². The number of nitrogens with zero attached hydrogens (tertiary/aromatic N) is 1. The minimum absolute atomic E-state index is 0.0157. The number of anilines is 1. The molecule has 6 atom stereocenters. The molecule has 3 aliphatic rings. The third kappa shape index (κ3) is 5.05. The summed E-state index contributed by atoms with van der Waals surface area (Å²) in [6.45, 7) is 7.16. The van der Waals surface area contributed by atoms with Gasteiger partial charge in [-0.3, -0.25) is 14.4 Å². The molecule has 214 valence electrons. The highest BCUT2D eigenvalue weighted by Crippen LogP contribution is 2.68. The number of hydrogen-bond acceptors (Lipinski definition) is 5. The lowest BCUT2D eigenvalue weighted by Crippen LogP contribution is -2.55. The lowest BCUT2D eigenvalue weighted by atomic mass is 9.66. The van der Waals surface area contributed by atoms with Crippen LogP contribution in [0.4, 0.5) is 5.69 Å². The summed E-state index contributed by atoms with van der Waals surface area (Å²) in [5.41, 5.74) is 3.78. The van der Waals surface area contributed by atoms with Crippen LogP contribution in [0.25, 0.3) is 0 Å². The number of aliphatic hydroxyl groups excluding tert-OH is 1. The minimum Gasteiger partial charge on any atom is -0.396 e. The molecule has 3 N–H and O–H groups in total. The topological polar surface area (TPSA) is 98.7 Å². The predicted molar refractivity (Wildman–Crippen MR) is 159 cm³/mol. The maximum atomic E-state index is 14.2. The smallest absolute Gasteiger partial charge is 0.248 e. The number of carbonyl (C=O) groups is 3. The molecule has 2 aromatic rings. The molecule has 3 heterocycles. The second kappa shape index (κ2) is 12.0. The Morgan fingerprint density at radius 3 is 2.40 bits per heavy atom. The van der Waals surface area contributed by atoms with Crippen molar-refractivity contribution in [2.45, 2.75) is 75.5 Å². The Labute approximate surface area is 241 Å². The third-order valence-corrected chi connectivity index (χ3v) is 11.2. The monoisotopic (exact) mass is 563 g/mol. The van der Waals surface area contributed by atoms with Crippen molar-refractivity contribution in [1.29, 1.82) is 0 Å². The predicted octanol–water partition coefficient (Wildman–Crippen LogP) is 4.45. The van der Waals surface area contributed by atoms with Crippen LogP contribution in [-0.2, 0) is 20.9 Å². The van der Waals surface area contributed by atoms with Gasteiger partial charge in [0.15, 0.2) is 0 Å². The number of carbonyl (C=O) groups excluding carboxylic acids is 3. The van der Waals surface area contributed by atoms with E-state index >= 15 is 0 Å². The molecule has 3 amide bonds. The number of aryl methyl sites for hydroxylation is 2. The maximum Gasteiger partial charge on any atom is 0.248 e. The molecule has 3 saturated heterocycles. The zero-order chi connectivity index (χ0) is 28.4. The van der Waals surface area contributed by atoms with E-state index in [-0.39, 0.29) is 35.5 Å². The number of amides is 3. The van der Waals surface area contributed by atoms with Gasteiger partial charge in [0.25, 0.3) is 0 Å². The molecule has 2 bridgehead atoms. The van der Waals surface area contributed by atoms with Crippen molar-refractivity contribution in [2.75, 3.05) is 18.5 Å². The van der Waals surface area contributed by atoms with Gasteiger partial charge in [-0.1, -0.05) is 68.3 Å². The molecule has 8 heteroatoms. The molecule has 0 radical (unpaired) electrons. The molecule has 2 aromatic carbocycles. The fourth-order valence-corrected chi connectivity index (χ4v) is 9.64. The zero-order valence-electron chi connectivity index (χ0n) is 23.7. The van der Waals surface area contributed by atoms with Crippen LogP contribution in [-0.4, -0.2) is 56.9 Å². The minimum atomic E-state index is -0.640. The van der Waals surface area contributed by atoms with E-state index in [1.165, 1.54) is 0 Å². The maximum absolute atomic E-state index is 14.2. The standard InChI is InChI=1S/C32H41N3O4S/c1-20-12-11-13-21(2)27(20)34-30(38)28-32-22(3)18-24(40-32)25(29(37)33-19-23-14-7-6-8-15-23)26(32)31(39)35(28)16-9-4-5-10-17-36/h6-8,11-15,22,24-26,28,36H,4-5,9-10,16-19H2,1-3H3,(H,33,37)(H,34,38)/t22?,24-,25+,26+,28?,32?/m1/s1. The normalized spacial score (nSPS) is 28.6. The number of likely N-dealkylation sites (tertiary alicyclic amines) is 1. The zero-order valence-corrected chi connectivity index (χ0v) is 24.5. The highest BCUT2D eigenvalue weighted by Gasteiger charge is 2.75. The lowest BCUT2D eigenvalue weighted by Gasteiger charge is -2.38. The fraction of sp³-hybridized carbons (Fsp3) is 0.531. The number of benzene rings is 2. The summed E-state index contributed by atoms with van der Waals surface area (Å²) in [4.78, 5) is 43.9. The van der Waals surface area contributed by atoms with Gasteiger partial charge in [-0.25, -0.2) is 0 Å². The van der Waals surface area contributed by atoms with E-state index < -0.39 is 22.6 Å². The van der Waals surface area contributed by atoms with Crippen LogP contribution in [0.5, 0.6) is 0 Å². The molecule has 40 heavy (non-hydrogen) atoms. The van der Waals surface area contributed by atoms with Crippen LogP contribution in [0.2, 0.25) is 0 Å². The second-order valence-electron chi connectivity index (χ2n) is 11.7. The number of unbranched alkanes of at least 4 members (excludes halogenated alkanes) is 3. The van der Waals surface area contributed by atoms with Gasteiger partial charge in [-0.2, -0.15) is 0 Å². The Hall–Kier alpha value is -2.84. The van der Waals surface area contributed by atoms with Crippen LogP contribution in [0.15, 0.2) is 48.5 Å². The van der Waals surface area contributed by atoms with Gasteiger partial charge in [0.1, 0.15) is 6.04 Å². The van der Waals surface area contributed by atoms with Crippen molar-refractivity contribution in [3.8, 4) is 0 Å². The first-order chi connectivity index (χ1) is 19.3. The summed E-state index contributed by atoms with van der Waals surface area (Å²) in [5, 5.41) is 15.5. The molecular weight excluding hydrogens is 522 g/mol. The van der Waals surface area contributed by atoms with Crippen molar-refractivity contribution >= 4 is 35.2 Å². The van der Waals surface area contributed by atoms with Crippen LogP contribution in [0.1, 0.15) is 55.7 Å². The van der Waals surface area contributed by atoms with Crippen LogP contribution in [0, 0.1) is 31.6 Å². The van der Waals surface area contributed by atoms with Gasteiger partial charge < -0.3 is 20.6 Å². The van der Waals surface area contributed by atoms with Gasteiger partial charge in [-0.05, 0) is 55.7 Å². The molecule has 0 aromatic heterocycles. The summed E-state index contributed by atoms with van der Waals surface area (Å²) in [5.74, 6) is -1.16. The van der Waals surface area contributed by atoms with Gasteiger partial charge in [-0.15, -0.1) is 11.8 Å². The molecule has 7 nitrogen and oxygen atoms in total. The number of aliphatic hydroxyl groups is 1. The van der Waals surface area contributed by atoms with Gasteiger partial charge in [0.05, 0.1) is 16.6 Å². The Kier molecular flexibility index (Phi) is 8.57. The molecular formula is C32H41N3O4S. The third-order valence-electron chi connectivity index (χ3n) is 9.14. The largest absolute Gasteiger partial charge is 0.396 e. The van der Waals surface area contributed by atoms with E-state index in [0.29, 0.717) is 13.1 Å². The van der Waals surface area contributed by atoms with Crippen LogP contribution in [0.3, 0.4) is 0 Å². The number of rotatable bonds is 11. The van der Waals surface area contributed by atoms with Crippen molar-refractivity contribution in [1.82, 2.24) is 10.2 Å². The Balaban J connectivity index is 1.44. The molecule has 3 unspecified atom stereocenters. The van der Waals surface area contributed by atoms with Crippen LogP contribution < -0.4 is 10.6 Å². The summed E-state index contributed by atoms with van der Waals surface area (Å²) in [7, 11) is 0. The van der Waals surface area contributed by atoms with Crippen molar-refractivity contribution in [3.05, 3.63) is 65.2 Å². The SMILES string of the molecule is Cc1cccc(C)c1NC(=O)C1N(CCCCCCO)C(=O)[C@@H]2[C@@H](C(=O)NCc3ccccc3)[C@H]3CC(C)C12S3. The van der Waals surface area contributed by atoms with Gasteiger partial charge in [0, 0.05) is 30.6 Å². The number of hydrogen-bond donors (Lipinski definition) is 3. The van der Waals surface area contributed by atoms with E-state index in [4.69, 9.17) is 5.11 Å². The highest BCUT2D eigenvalue weighted by molar-refractivity contribution is 8.02. The van der Waals surface area contributed by atoms with E-state index in [9.17, 15) is 14.4 Å². The van der Waals surface area contributed by atoms with Gasteiger partial charge >= 0.3 is 0 Å². The first-order valence-electron chi connectivity index (χ1n) is 14.6. The lowest BCUT2D eigenvalue weighted by molar-refractivity contribution is -0.139. The number of thioether (sulfide) groups is 1. The summed E-state index contributed by atoms with van der Waals surface area (Å²) >= 11 is 1.71. The molecule has 0 aliphatic carbocycles. The first kappa shape index (κ1) is 28.7. The number of para-hydroxylation sites is 1. The van der Waals surface area contributed by atoms with Crippen molar-refractivity contribution in [2.24, 2.45) is 17.8 Å². The summed E-state index contributed by atoms with van der Waals surface area (Å²) in [6, 6.07) is 15.1.